The maximum absolute atomic E-state index is 11.0. The molecule has 0 aliphatic heterocycles. The van der Waals surface area contributed by atoms with Gasteiger partial charge in [-0.3, -0.25) is 0 Å². The molecule has 98 valence electrons. The first-order chi connectivity index (χ1) is 8.45. The third kappa shape index (κ3) is 3.73. The molecule has 0 atom stereocenters. The van der Waals surface area contributed by atoms with Gasteiger partial charge in [-0.15, -0.1) is 0 Å². The number of aliphatic carboxylic acids is 1. The fourth-order valence-electron chi connectivity index (χ4n) is 2.47. The number of carbonyl (C=O) groups is 1. The van der Waals surface area contributed by atoms with Gasteiger partial charge in [-0.05, 0) is 55.9 Å². The molecule has 1 aromatic carbocycles. The maximum atomic E-state index is 11.0. The fourth-order valence-corrected chi connectivity index (χ4v) is 2.47. The Morgan fingerprint density at radius 3 is 2.22 bits per heavy atom. The topological polar surface area (TPSA) is 37.3 Å². The summed E-state index contributed by atoms with van der Waals surface area (Å²) in [4.78, 5) is 11.0. The fraction of sp³-hybridized carbons (Fsp3) is 0.438. The highest BCUT2D eigenvalue weighted by molar-refractivity contribution is 5.91. The van der Waals surface area contributed by atoms with E-state index >= 15 is 0 Å². The third-order valence-corrected chi connectivity index (χ3v) is 3.10. The summed E-state index contributed by atoms with van der Waals surface area (Å²) in [7, 11) is 0. The van der Waals surface area contributed by atoms with Gasteiger partial charge in [-0.2, -0.15) is 0 Å². The molecule has 0 spiro atoms. The molecule has 2 nitrogen and oxygen atoms in total. The lowest BCUT2D eigenvalue weighted by Gasteiger charge is -2.14. The molecule has 1 aromatic rings. The number of carboxylic acids is 1. The van der Waals surface area contributed by atoms with E-state index in [4.69, 9.17) is 5.11 Å². The number of hydrogen-bond donors (Lipinski definition) is 1. The Morgan fingerprint density at radius 1 is 1.22 bits per heavy atom. The van der Waals surface area contributed by atoms with Crippen LogP contribution in [-0.2, 0) is 4.79 Å². The first-order valence-corrected chi connectivity index (χ1v) is 6.47. The van der Waals surface area contributed by atoms with Gasteiger partial charge in [0.15, 0.2) is 0 Å². The van der Waals surface area contributed by atoms with Crippen molar-refractivity contribution < 1.29 is 9.90 Å². The van der Waals surface area contributed by atoms with E-state index in [1.807, 2.05) is 0 Å². The van der Waals surface area contributed by atoms with Crippen LogP contribution < -0.4 is 0 Å². The minimum Gasteiger partial charge on any atom is -0.478 e. The number of allylic oxidation sites excluding steroid dienone is 1. The van der Waals surface area contributed by atoms with Crippen molar-refractivity contribution >= 4 is 11.5 Å². The van der Waals surface area contributed by atoms with Crippen LogP contribution in [-0.4, -0.2) is 11.1 Å². The van der Waals surface area contributed by atoms with Gasteiger partial charge in [0.05, 0.1) is 0 Å². The zero-order valence-corrected chi connectivity index (χ0v) is 11.7. The molecule has 0 heterocycles. The Kier molecular flexibility index (Phi) is 5.14. The molecule has 0 fully saturated rings. The van der Waals surface area contributed by atoms with E-state index in [2.05, 4.69) is 39.8 Å². The highest BCUT2D eigenvalue weighted by Gasteiger charge is 2.10. The molecule has 0 aliphatic rings. The number of hydrogen-bond acceptors (Lipinski definition) is 1. The van der Waals surface area contributed by atoms with Crippen LogP contribution >= 0.6 is 0 Å². The van der Waals surface area contributed by atoms with Crippen molar-refractivity contribution in [3.8, 4) is 0 Å². The summed E-state index contributed by atoms with van der Waals surface area (Å²) < 4.78 is 0. The first kappa shape index (κ1) is 14.5. The summed E-state index contributed by atoms with van der Waals surface area (Å²) in [6, 6.07) is 4.23. The van der Waals surface area contributed by atoms with Crippen LogP contribution in [0.5, 0.6) is 0 Å². The summed E-state index contributed by atoms with van der Waals surface area (Å²) >= 11 is 0. The maximum Gasteiger partial charge on any atom is 0.328 e. The van der Waals surface area contributed by atoms with Crippen LogP contribution in [0.15, 0.2) is 18.2 Å². The average Bonchev–Trinajstić information content (AvgIpc) is 2.23. The molecule has 2 heteroatoms. The smallest absolute Gasteiger partial charge is 0.328 e. The zero-order valence-electron chi connectivity index (χ0n) is 11.7. The Balaban J connectivity index is 3.25. The lowest BCUT2D eigenvalue weighted by atomic mass is 9.90. The van der Waals surface area contributed by atoms with E-state index in [9.17, 15) is 4.79 Å². The van der Waals surface area contributed by atoms with E-state index in [1.54, 1.807) is 0 Å². The molecule has 0 aromatic heterocycles. The van der Waals surface area contributed by atoms with Gasteiger partial charge in [0.1, 0.15) is 0 Å². The number of aryl methyl sites for hydroxylation is 3. The summed E-state index contributed by atoms with van der Waals surface area (Å²) in [6.07, 6.45) is 4.28. The van der Waals surface area contributed by atoms with E-state index in [1.165, 1.54) is 11.6 Å². The van der Waals surface area contributed by atoms with E-state index in [0.717, 1.165) is 41.5 Å². The minimum atomic E-state index is -0.861. The lowest BCUT2D eigenvalue weighted by molar-refractivity contribution is -0.131. The van der Waals surface area contributed by atoms with Crippen LogP contribution in [0.1, 0.15) is 48.4 Å². The molecule has 1 rings (SSSR count). The Bertz CT molecular complexity index is 447. The molecule has 0 unspecified atom stereocenters. The predicted molar refractivity (Wildman–Crippen MR) is 75.8 cm³/mol. The van der Waals surface area contributed by atoms with Crippen molar-refractivity contribution in [1.82, 2.24) is 0 Å². The summed E-state index contributed by atoms with van der Waals surface area (Å²) in [6.45, 7) is 8.29. The molecule has 0 saturated carbocycles. The second-order valence-corrected chi connectivity index (χ2v) is 4.89. The molecular weight excluding hydrogens is 224 g/mol. The molecule has 1 N–H and O–H groups in total. The Morgan fingerprint density at radius 2 is 1.78 bits per heavy atom. The minimum absolute atomic E-state index is 0.827. The number of carboxylic acid groups (broad SMARTS) is 1. The lowest BCUT2D eigenvalue weighted by Crippen LogP contribution is -1.98. The number of rotatable bonds is 5. The van der Waals surface area contributed by atoms with Gasteiger partial charge in [0.25, 0.3) is 0 Å². The van der Waals surface area contributed by atoms with E-state index in [-0.39, 0.29) is 0 Å². The van der Waals surface area contributed by atoms with Crippen molar-refractivity contribution in [1.29, 1.82) is 0 Å². The van der Waals surface area contributed by atoms with Gasteiger partial charge in [-0.1, -0.05) is 31.0 Å². The van der Waals surface area contributed by atoms with Gasteiger partial charge >= 0.3 is 5.97 Å². The van der Waals surface area contributed by atoms with Crippen molar-refractivity contribution in [2.75, 3.05) is 0 Å². The molecule has 0 aliphatic carbocycles. The Labute approximate surface area is 109 Å². The highest BCUT2D eigenvalue weighted by Crippen LogP contribution is 2.28. The highest BCUT2D eigenvalue weighted by atomic mass is 16.4. The first-order valence-electron chi connectivity index (χ1n) is 6.47. The third-order valence-electron chi connectivity index (χ3n) is 3.10. The van der Waals surface area contributed by atoms with Gasteiger partial charge in [-0.25, -0.2) is 4.79 Å². The zero-order chi connectivity index (χ0) is 13.7. The van der Waals surface area contributed by atoms with Crippen molar-refractivity contribution in [3.63, 3.8) is 0 Å². The quantitative estimate of drug-likeness (QED) is 0.788. The second-order valence-electron chi connectivity index (χ2n) is 4.89. The molecule has 0 amide bonds. The van der Waals surface area contributed by atoms with Crippen LogP contribution in [0.2, 0.25) is 0 Å². The molecular formula is C16H22O2. The summed E-state index contributed by atoms with van der Waals surface area (Å²) in [5.74, 6) is -0.861. The predicted octanol–water partition coefficient (Wildman–Crippen LogP) is 4.27. The van der Waals surface area contributed by atoms with E-state index < -0.39 is 5.97 Å². The van der Waals surface area contributed by atoms with Crippen molar-refractivity contribution in [3.05, 3.63) is 40.5 Å². The average molecular weight is 246 g/mol. The normalized spacial score (nSPS) is 11.7. The van der Waals surface area contributed by atoms with Crippen LogP contribution in [0, 0.1) is 20.8 Å². The Hall–Kier alpha value is -1.57. The molecule has 0 saturated heterocycles. The summed E-state index contributed by atoms with van der Waals surface area (Å²) in [5.41, 5.74) is 5.60. The monoisotopic (exact) mass is 246 g/mol. The van der Waals surface area contributed by atoms with Crippen molar-refractivity contribution in [2.45, 2.75) is 47.0 Å². The van der Waals surface area contributed by atoms with Gasteiger partial charge in [0.2, 0.25) is 0 Å². The summed E-state index contributed by atoms with van der Waals surface area (Å²) in [5, 5.41) is 9.00. The molecule has 18 heavy (non-hydrogen) atoms. The molecule has 0 radical (unpaired) electrons. The standard InChI is InChI=1S/C16H22O2/c1-5-6-7-14(10-15(17)18)16-12(3)8-11(2)9-13(16)4/h8-10H,5-7H2,1-4H3,(H,17,18)/b14-10+. The number of benzene rings is 1. The van der Waals surface area contributed by atoms with Crippen molar-refractivity contribution in [2.24, 2.45) is 0 Å². The van der Waals surface area contributed by atoms with E-state index in [0.29, 0.717) is 0 Å². The number of unbranched alkanes of at least 4 members (excludes halogenated alkanes) is 1. The van der Waals surface area contributed by atoms with Gasteiger partial charge < -0.3 is 5.11 Å². The second kappa shape index (κ2) is 6.39. The largest absolute Gasteiger partial charge is 0.478 e. The van der Waals surface area contributed by atoms with Crippen LogP contribution in [0.25, 0.3) is 5.57 Å². The van der Waals surface area contributed by atoms with Gasteiger partial charge in [0, 0.05) is 6.08 Å². The SMILES string of the molecule is CCCC/C(=C\C(=O)O)c1c(C)cc(C)cc1C. The van der Waals surface area contributed by atoms with Crippen LogP contribution in [0.3, 0.4) is 0 Å². The van der Waals surface area contributed by atoms with Crippen LogP contribution in [0.4, 0.5) is 0 Å². The molecule has 0 bridgehead atoms.